The maximum Gasteiger partial charge on any atom is 0.146 e. The topological polar surface area (TPSA) is 43.8 Å². The molecule has 5 heteroatoms. The Hall–Kier alpha value is -2.07. The lowest BCUT2D eigenvalue weighted by Gasteiger charge is -2.06. The van der Waals surface area contributed by atoms with E-state index >= 15 is 0 Å². The minimum Gasteiger partial charge on any atom is -0.396 e. The minimum absolute atomic E-state index is 0.104. The number of hydrogen-bond acceptors (Lipinski definition) is 2. The van der Waals surface area contributed by atoms with E-state index in [1.54, 1.807) is 24.3 Å². The predicted molar refractivity (Wildman–Crippen MR) is 75.5 cm³/mol. The average Bonchev–Trinajstić information content (AvgIpc) is 2.69. The summed E-state index contributed by atoms with van der Waals surface area (Å²) in [4.78, 5) is 4.48. The molecule has 0 saturated carbocycles. The molecule has 3 rings (SSSR count). The highest BCUT2D eigenvalue weighted by Gasteiger charge is 2.14. The Kier molecular flexibility index (Phi) is 2.68. The minimum atomic E-state index is -0.442. The Morgan fingerprint density at radius 3 is 2.84 bits per heavy atom. The van der Waals surface area contributed by atoms with Crippen LogP contribution in [0.1, 0.15) is 0 Å². The fraction of sp³-hybridized carbons (Fsp3) is 0.0714. The summed E-state index contributed by atoms with van der Waals surface area (Å²) in [7, 11) is 1.86. The molecule has 0 radical (unpaired) electrons. The van der Waals surface area contributed by atoms with E-state index in [1.165, 1.54) is 6.07 Å². The number of imidazole rings is 1. The maximum atomic E-state index is 13.5. The molecule has 0 atom stereocenters. The maximum absolute atomic E-state index is 13.5. The number of nitrogens with zero attached hydrogens (tertiary/aromatic N) is 2. The van der Waals surface area contributed by atoms with Crippen molar-refractivity contribution in [3.8, 4) is 11.4 Å². The number of aromatic nitrogens is 2. The van der Waals surface area contributed by atoms with Gasteiger partial charge in [-0.05, 0) is 30.3 Å². The van der Waals surface area contributed by atoms with Gasteiger partial charge in [-0.2, -0.15) is 0 Å². The molecule has 3 aromatic rings. The Bertz CT molecular complexity index is 780. The summed E-state index contributed by atoms with van der Waals surface area (Å²) in [6, 6.07) is 10.1. The van der Waals surface area contributed by atoms with Crippen molar-refractivity contribution in [1.29, 1.82) is 0 Å². The van der Waals surface area contributed by atoms with Crippen LogP contribution in [0.15, 0.2) is 36.4 Å². The van der Waals surface area contributed by atoms with Gasteiger partial charge < -0.3 is 10.3 Å². The third-order valence-corrected chi connectivity index (χ3v) is 3.37. The van der Waals surface area contributed by atoms with Crippen LogP contribution in [0.25, 0.3) is 22.4 Å². The second-order valence-electron chi connectivity index (χ2n) is 4.33. The lowest BCUT2D eigenvalue weighted by Crippen LogP contribution is -1.99. The number of anilines is 1. The van der Waals surface area contributed by atoms with Crippen LogP contribution >= 0.6 is 11.6 Å². The third kappa shape index (κ3) is 1.85. The van der Waals surface area contributed by atoms with Gasteiger partial charge in [-0.1, -0.05) is 17.7 Å². The quantitative estimate of drug-likeness (QED) is 0.690. The molecule has 19 heavy (non-hydrogen) atoms. The molecule has 1 heterocycles. The Balaban J connectivity index is 2.31. The highest BCUT2D eigenvalue weighted by molar-refractivity contribution is 6.31. The molecule has 0 fully saturated rings. The second-order valence-corrected chi connectivity index (χ2v) is 4.76. The number of fused-ring (bicyclic) bond motifs is 1. The van der Waals surface area contributed by atoms with Crippen molar-refractivity contribution in [2.45, 2.75) is 0 Å². The zero-order valence-corrected chi connectivity index (χ0v) is 10.9. The molecule has 1 aromatic heterocycles. The Labute approximate surface area is 114 Å². The van der Waals surface area contributed by atoms with Crippen molar-refractivity contribution in [3.63, 3.8) is 0 Å². The van der Waals surface area contributed by atoms with E-state index in [0.717, 1.165) is 11.0 Å². The van der Waals surface area contributed by atoms with Gasteiger partial charge in [0.25, 0.3) is 0 Å². The van der Waals surface area contributed by atoms with Gasteiger partial charge in [0.05, 0.1) is 16.7 Å². The highest BCUT2D eigenvalue weighted by atomic mass is 35.5. The lowest BCUT2D eigenvalue weighted by atomic mass is 10.1. The zero-order valence-electron chi connectivity index (χ0n) is 10.2. The number of halogens is 2. The summed E-state index contributed by atoms with van der Waals surface area (Å²) in [5.41, 5.74) is 8.14. The van der Waals surface area contributed by atoms with Crippen molar-refractivity contribution in [2.75, 3.05) is 5.73 Å². The Morgan fingerprint density at radius 2 is 2.05 bits per heavy atom. The van der Waals surface area contributed by atoms with E-state index in [9.17, 15) is 4.39 Å². The van der Waals surface area contributed by atoms with Gasteiger partial charge in [0.2, 0.25) is 0 Å². The van der Waals surface area contributed by atoms with Crippen LogP contribution in [0.3, 0.4) is 0 Å². The SMILES string of the molecule is Cn1c(-c2cccc(F)c2N)nc2cc(Cl)ccc21. The van der Waals surface area contributed by atoms with E-state index in [-0.39, 0.29) is 5.69 Å². The van der Waals surface area contributed by atoms with Gasteiger partial charge in [0, 0.05) is 17.6 Å². The summed E-state index contributed by atoms with van der Waals surface area (Å²) >= 11 is 5.95. The second kappa shape index (κ2) is 4.24. The first kappa shape index (κ1) is 12.0. The lowest BCUT2D eigenvalue weighted by molar-refractivity contribution is 0.632. The van der Waals surface area contributed by atoms with Crippen molar-refractivity contribution in [3.05, 3.63) is 47.2 Å². The summed E-state index contributed by atoms with van der Waals surface area (Å²) in [5.74, 6) is 0.178. The standard InChI is InChI=1S/C14H11ClFN3/c1-19-12-6-5-8(15)7-11(12)18-14(19)9-3-2-4-10(16)13(9)17/h2-7H,17H2,1H3. The number of hydrogen-bond donors (Lipinski definition) is 1. The number of para-hydroxylation sites is 1. The van der Waals surface area contributed by atoms with Gasteiger partial charge in [0.15, 0.2) is 0 Å². The molecular weight excluding hydrogens is 265 g/mol. The fourth-order valence-electron chi connectivity index (χ4n) is 2.15. The number of rotatable bonds is 1. The fourth-order valence-corrected chi connectivity index (χ4v) is 2.31. The summed E-state index contributed by atoms with van der Waals surface area (Å²) in [5, 5.41) is 0.615. The number of aryl methyl sites for hydroxylation is 1. The van der Waals surface area contributed by atoms with Crippen molar-refractivity contribution >= 4 is 28.3 Å². The van der Waals surface area contributed by atoms with Crippen molar-refractivity contribution < 1.29 is 4.39 Å². The van der Waals surface area contributed by atoms with E-state index < -0.39 is 5.82 Å². The molecule has 0 bridgehead atoms. The smallest absolute Gasteiger partial charge is 0.146 e. The average molecular weight is 276 g/mol. The van der Waals surface area contributed by atoms with Crippen LogP contribution in [0.2, 0.25) is 5.02 Å². The molecule has 0 saturated heterocycles. The molecule has 0 unspecified atom stereocenters. The molecule has 0 aliphatic rings. The van der Waals surface area contributed by atoms with Crippen LogP contribution in [0.4, 0.5) is 10.1 Å². The van der Waals surface area contributed by atoms with Gasteiger partial charge in [-0.3, -0.25) is 0 Å². The number of benzene rings is 2. The Morgan fingerprint density at radius 1 is 1.26 bits per heavy atom. The van der Waals surface area contributed by atoms with E-state index in [4.69, 9.17) is 17.3 Å². The molecule has 2 N–H and O–H groups in total. The van der Waals surface area contributed by atoms with Gasteiger partial charge in [-0.25, -0.2) is 9.37 Å². The van der Waals surface area contributed by atoms with Crippen LogP contribution in [0, 0.1) is 5.82 Å². The highest BCUT2D eigenvalue weighted by Crippen LogP contribution is 2.30. The first-order valence-corrected chi connectivity index (χ1v) is 6.12. The monoisotopic (exact) mass is 275 g/mol. The van der Waals surface area contributed by atoms with Crippen molar-refractivity contribution in [2.24, 2.45) is 7.05 Å². The molecule has 2 aromatic carbocycles. The first-order valence-electron chi connectivity index (χ1n) is 5.74. The zero-order chi connectivity index (χ0) is 13.6. The van der Waals surface area contributed by atoms with Crippen molar-refractivity contribution in [1.82, 2.24) is 9.55 Å². The van der Waals surface area contributed by atoms with E-state index in [0.29, 0.717) is 16.4 Å². The predicted octanol–water partition coefficient (Wildman–Crippen LogP) is 3.62. The van der Waals surface area contributed by atoms with Gasteiger partial charge in [-0.15, -0.1) is 0 Å². The van der Waals surface area contributed by atoms with Crippen LogP contribution in [-0.4, -0.2) is 9.55 Å². The van der Waals surface area contributed by atoms with Crippen LogP contribution < -0.4 is 5.73 Å². The summed E-state index contributed by atoms with van der Waals surface area (Å²) in [6.07, 6.45) is 0. The molecule has 0 amide bonds. The molecule has 0 spiro atoms. The van der Waals surface area contributed by atoms with E-state index in [2.05, 4.69) is 4.98 Å². The largest absolute Gasteiger partial charge is 0.396 e. The molecule has 96 valence electrons. The van der Waals surface area contributed by atoms with Crippen LogP contribution in [0.5, 0.6) is 0 Å². The molecule has 3 nitrogen and oxygen atoms in total. The van der Waals surface area contributed by atoms with Gasteiger partial charge in [0.1, 0.15) is 11.6 Å². The van der Waals surface area contributed by atoms with Gasteiger partial charge >= 0.3 is 0 Å². The van der Waals surface area contributed by atoms with E-state index in [1.807, 2.05) is 17.7 Å². The first-order chi connectivity index (χ1) is 9.08. The number of nitrogen functional groups attached to an aromatic ring is 1. The molecular formula is C14H11ClFN3. The molecule has 0 aliphatic carbocycles. The van der Waals surface area contributed by atoms with Crippen LogP contribution in [-0.2, 0) is 7.05 Å². The summed E-state index contributed by atoms with van der Waals surface area (Å²) < 4.78 is 15.4. The molecule has 0 aliphatic heterocycles. The normalized spacial score (nSPS) is 11.1. The summed E-state index contributed by atoms with van der Waals surface area (Å²) in [6.45, 7) is 0. The number of nitrogens with two attached hydrogens (primary N) is 1. The third-order valence-electron chi connectivity index (χ3n) is 3.14.